The Bertz CT molecular complexity index is 1510. The molecule has 0 aliphatic rings. The minimum Gasteiger partial charge on any atom is -0.495 e. The van der Waals surface area contributed by atoms with E-state index in [1.165, 1.54) is 0 Å². The van der Waals surface area contributed by atoms with Crippen molar-refractivity contribution in [3.8, 4) is 11.4 Å². The maximum atomic E-state index is 13.5. The van der Waals surface area contributed by atoms with Crippen molar-refractivity contribution in [1.82, 2.24) is 14.1 Å². The molecule has 0 unspecified atom stereocenters. The fourth-order valence-corrected chi connectivity index (χ4v) is 3.98. The van der Waals surface area contributed by atoms with E-state index in [0.29, 0.717) is 28.2 Å². The molecule has 5 aromatic rings. The van der Waals surface area contributed by atoms with Crippen molar-refractivity contribution >= 4 is 34.0 Å². The molecule has 0 fully saturated rings. The molecule has 0 spiro atoms. The summed E-state index contributed by atoms with van der Waals surface area (Å²) in [6.45, 7) is 0. The Morgan fingerprint density at radius 2 is 1.58 bits per heavy atom. The van der Waals surface area contributed by atoms with E-state index in [2.05, 4.69) is 22.9 Å². The number of benzene rings is 3. The summed E-state index contributed by atoms with van der Waals surface area (Å²) in [6.07, 6.45) is 5.97. The van der Waals surface area contributed by atoms with Crippen molar-refractivity contribution in [3.05, 3.63) is 101 Å². The minimum atomic E-state index is -0.132. The van der Waals surface area contributed by atoms with E-state index in [1.807, 2.05) is 73.8 Å². The zero-order chi connectivity index (χ0) is 21.4. The highest BCUT2D eigenvalue weighted by Gasteiger charge is 2.14. The van der Waals surface area contributed by atoms with Crippen LogP contribution in [0.2, 0.25) is 0 Å². The van der Waals surface area contributed by atoms with Gasteiger partial charge in [-0.1, -0.05) is 42.5 Å². The molecule has 0 aliphatic heterocycles. The lowest BCUT2D eigenvalue weighted by molar-refractivity contribution is 0.412. The van der Waals surface area contributed by atoms with Crippen LogP contribution in [-0.4, -0.2) is 21.2 Å². The molecule has 0 saturated heterocycles. The van der Waals surface area contributed by atoms with E-state index in [4.69, 9.17) is 9.72 Å². The van der Waals surface area contributed by atoms with Gasteiger partial charge in [-0.05, 0) is 42.5 Å². The van der Waals surface area contributed by atoms with Crippen LogP contribution in [0.15, 0.2) is 83.8 Å². The van der Waals surface area contributed by atoms with Gasteiger partial charge in [0.2, 0.25) is 0 Å². The summed E-state index contributed by atoms with van der Waals surface area (Å²) in [7, 11) is 3.63. The third kappa shape index (κ3) is 3.20. The molecular weight excluding hydrogens is 386 g/mol. The van der Waals surface area contributed by atoms with Crippen molar-refractivity contribution in [2.24, 2.45) is 7.05 Å². The van der Waals surface area contributed by atoms with Gasteiger partial charge in [0.25, 0.3) is 5.56 Å². The number of aromatic nitrogens is 3. The molecule has 5 rings (SSSR count). The molecule has 2 aromatic heterocycles. The van der Waals surface area contributed by atoms with Gasteiger partial charge in [-0.25, -0.2) is 4.98 Å². The molecule has 0 atom stereocenters. The highest BCUT2D eigenvalue weighted by molar-refractivity contribution is 5.92. The molecule has 0 N–H and O–H groups in total. The van der Waals surface area contributed by atoms with Gasteiger partial charge in [-0.3, -0.25) is 9.36 Å². The molecule has 0 amide bonds. The third-order valence-electron chi connectivity index (χ3n) is 5.47. The van der Waals surface area contributed by atoms with Crippen LogP contribution in [0.4, 0.5) is 0 Å². The molecule has 31 heavy (non-hydrogen) atoms. The number of methoxy groups -OCH3 is 1. The van der Waals surface area contributed by atoms with Crippen molar-refractivity contribution in [3.63, 3.8) is 0 Å². The SMILES string of the molecule is COc1ccccc1-n1c(C=Cc2cn(C)c3ccccc23)nc2ccccc2c1=O. The number of hydrogen-bond acceptors (Lipinski definition) is 3. The highest BCUT2D eigenvalue weighted by Crippen LogP contribution is 2.25. The third-order valence-corrected chi connectivity index (χ3v) is 5.47. The first-order chi connectivity index (χ1) is 15.2. The summed E-state index contributed by atoms with van der Waals surface area (Å²) < 4.78 is 9.24. The van der Waals surface area contributed by atoms with E-state index in [-0.39, 0.29) is 5.56 Å². The monoisotopic (exact) mass is 407 g/mol. The van der Waals surface area contributed by atoms with Crippen LogP contribution < -0.4 is 10.3 Å². The summed E-state index contributed by atoms with van der Waals surface area (Å²) in [5.74, 6) is 1.16. The van der Waals surface area contributed by atoms with Crippen LogP contribution in [0.1, 0.15) is 11.4 Å². The Balaban J connectivity index is 1.76. The average molecular weight is 407 g/mol. The predicted octanol–water partition coefficient (Wildman–Crippen LogP) is 5.06. The second-order valence-corrected chi connectivity index (χ2v) is 7.35. The number of nitrogens with zero attached hydrogens (tertiary/aromatic N) is 3. The molecule has 152 valence electrons. The molecule has 0 bridgehead atoms. The highest BCUT2D eigenvalue weighted by atomic mass is 16.5. The first-order valence-corrected chi connectivity index (χ1v) is 10.0. The fraction of sp³-hybridized carbons (Fsp3) is 0.0769. The number of para-hydroxylation sites is 4. The predicted molar refractivity (Wildman–Crippen MR) is 126 cm³/mol. The van der Waals surface area contributed by atoms with Gasteiger partial charge in [-0.2, -0.15) is 0 Å². The van der Waals surface area contributed by atoms with Crippen LogP contribution in [0.5, 0.6) is 5.75 Å². The summed E-state index contributed by atoms with van der Waals surface area (Å²) in [5.41, 5.74) is 3.40. The summed E-state index contributed by atoms with van der Waals surface area (Å²) in [4.78, 5) is 18.3. The molecule has 2 heterocycles. The van der Waals surface area contributed by atoms with Gasteiger partial charge < -0.3 is 9.30 Å². The zero-order valence-corrected chi connectivity index (χ0v) is 17.3. The summed E-state index contributed by atoms with van der Waals surface area (Å²) in [6, 6.07) is 23.1. The average Bonchev–Trinajstić information content (AvgIpc) is 3.13. The van der Waals surface area contributed by atoms with E-state index in [0.717, 1.165) is 16.5 Å². The maximum Gasteiger partial charge on any atom is 0.266 e. The lowest BCUT2D eigenvalue weighted by Crippen LogP contribution is -2.22. The first kappa shape index (κ1) is 18.9. The van der Waals surface area contributed by atoms with E-state index < -0.39 is 0 Å². The molecule has 5 nitrogen and oxygen atoms in total. The first-order valence-electron chi connectivity index (χ1n) is 10.0. The number of aryl methyl sites for hydroxylation is 1. The van der Waals surface area contributed by atoms with Gasteiger partial charge in [0.15, 0.2) is 0 Å². The van der Waals surface area contributed by atoms with Gasteiger partial charge >= 0.3 is 0 Å². The molecular formula is C26H21N3O2. The second kappa shape index (κ2) is 7.61. The number of fused-ring (bicyclic) bond motifs is 2. The van der Waals surface area contributed by atoms with Gasteiger partial charge in [0.1, 0.15) is 11.6 Å². The van der Waals surface area contributed by atoms with Crippen molar-refractivity contribution in [1.29, 1.82) is 0 Å². The molecule has 0 radical (unpaired) electrons. The Morgan fingerprint density at radius 1 is 0.871 bits per heavy atom. The zero-order valence-electron chi connectivity index (χ0n) is 17.3. The van der Waals surface area contributed by atoms with Crippen LogP contribution in [-0.2, 0) is 7.05 Å². The lowest BCUT2D eigenvalue weighted by atomic mass is 10.1. The number of hydrogen-bond donors (Lipinski definition) is 0. The summed E-state index contributed by atoms with van der Waals surface area (Å²) in [5, 5.41) is 1.71. The Morgan fingerprint density at radius 3 is 2.42 bits per heavy atom. The van der Waals surface area contributed by atoms with Crippen LogP contribution in [0.25, 0.3) is 39.6 Å². The van der Waals surface area contributed by atoms with Crippen LogP contribution in [0.3, 0.4) is 0 Å². The van der Waals surface area contributed by atoms with E-state index in [1.54, 1.807) is 17.7 Å². The lowest BCUT2D eigenvalue weighted by Gasteiger charge is -2.14. The van der Waals surface area contributed by atoms with Gasteiger partial charge in [0.05, 0.1) is 23.7 Å². The van der Waals surface area contributed by atoms with Crippen molar-refractivity contribution in [2.45, 2.75) is 0 Å². The molecule has 0 saturated carbocycles. The Kier molecular flexibility index (Phi) is 4.64. The largest absolute Gasteiger partial charge is 0.495 e. The summed E-state index contributed by atoms with van der Waals surface area (Å²) >= 11 is 0. The van der Waals surface area contributed by atoms with E-state index in [9.17, 15) is 4.79 Å². The van der Waals surface area contributed by atoms with Crippen LogP contribution >= 0.6 is 0 Å². The van der Waals surface area contributed by atoms with E-state index >= 15 is 0 Å². The quantitative estimate of drug-likeness (QED) is 0.419. The van der Waals surface area contributed by atoms with Crippen molar-refractivity contribution < 1.29 is 4.74 Å². The number of rotatable bonds is 4. The Labute approximate surface area is 179 Å². The molecule has 3 aromatic carbocycles. The maximum absolute atomic E-state index is 13.5. The van der Waals surface area contributed by atoms with Crippen LogP contribution in [0, 0.1) is 0 Å². The Hall–Kier alpha value is -4.12. The second-order valence-electron chi connectivity index (χ2n) is 7.35. The molecule has 5 heteroatoms. The van der Waals surface area contributed by atoms with Gasteiger partial charge in [0, 0.05) is 29.7 Å². The van der Waals surface area contributed by atoms with Gasteiger partial charge in [-0.15, -0.1) is 0 Å². The fourth-order valence-electron chi connectivity index (χ4n) is 3.98. The minimum absolute atomic E-state index is 0.132. The molecule has 0 aliphatic carbocycles. The smallest absolute Gasteiger partial charge is 0.266 e. The standard InChI is InChI=1S/C26H21N3O2/c1-28-17-18(19-9-4-6-12-22(19)28)15-16-25-27-21-11-5-3-10-20(21)26(30)29(25)23-13-7-8-14-24(23)31-2/h3-17H,1-2H3. The topological polar surface area (TPSA) is 49.0 Å². The van der Waals surface area contributed by atoms with Crippen molar-refractivity contribution in [2.75, 3.05) is 7.11 Å². The number of ether oxygens (including phenoxy) is 1. The normalized spacial score (nSPS) is 11.5.